The second kappa shape index (κ2) is 7.06. The summed E-state index contributed by atoms with van der Waals surface area (Å²) in [4.78, 5) is 0. The maximum absolute atomic E-state index is 2.79. The Morgan fingerprint density at radius 2 is 0.955 bits per heavy atom. The van der Waals surface area contributed by atoms with Gasteiger partial charge >= 0.3 is 0 Å². The van der Waals surface area contributed by atoms with Gasteiger partial charge in [-0.25, -0.2) is 0 Å². The molecule has 0 saturated heterocycles. The zero-order valence-corrected chi connectivity index (χ0v) is 17.5. The molecule has 3 aromatic carbocycles. The average molecular weight is 452 g/mol. The number of hydrogen-bond acceptors (Lipinski definition) is 0. The van der Waals surface area contributed by atoms with Crippen LogP contribution in [0, 0.1) is 3.57 Å². The minimum absolute atomic E-state index is 1.22. The predicted octanol–water partition coefficient (Wildman–Crippen LogP) is 4.13. The minimum atomic E-state index is 1.22. The highest BCUT2D eigenvalue weighted by Gasteiger charge is 2.03. The first-order valence-corrected chi connectivity index (χ1v) is 9.66. The van der Waals surface area contributed by atoms with Crippen molar-refractivity contribution in [2.75, 3.05) is 0 Å². The third kappa shape index (κ3) is 3.60. The molecule has 0 heterocycles. The van der Waals surface area contributed by atoms with Crippen LogP contribution in [0.15, 0.2) is 60.7 Å². The second-order valence-corrected chi connectivity index (χ2v) is 8.19. The first kappa shape index (κ1) is 16.5. The fourth-order valence-corrected chi connectivity index (χ4v) is 3.47. The SMILES string of the molecule is Pc1ccc(-c2ccc(-c3ccc(P)c(I)c3)cc2)cc1P. The van der Waals surface area contributed by atoms with E-state index in [0.29, 0.717) is 0 Å². The number of halogens is 1. The van der Waals surface area contributed by atoms with Gasteiger partial charge in [0.05, 0.1) is 0 Å². The summed E-state index contributed by atoms with van der Waals surface area (Å²) in [5, 5.41) is 3.68. The van der Waals surface area contributed by atoms with Crippen LogP contribution < -0.4 is 15.9 Å². The molecule has 0 aliphatic carbocycles. The second-order valence-electron chi connectivity index (χ2n) is 5.16. The zero-order chi connectivity index (χ0) is 15.7. The molecule has 0 aromatic heterocycles. The van der Waals surface area contributed by atoms with Gasteiger partial charge in [0.25, 0.3) is 0 Å². The number of rotatable bonds is 2. The molecule has 0 fully saturated rings. The van der Waals surface area contributed by atoms with Crippen molar-refractivity contribution in [3.8, 4) is 22.3 Å². The van der Waals surface area contributed by atoms with Crippen LogP contribution in [0.4, 0.5) is 0 Å². The topological polar surface area (TPSA) is 0 Å². The van der Waals surface area contributed by atoms with Crippen molar-refractivity contribution in [2.24, 2.45) is 0 Å². The van der Waals surface area contributed by atoms with E-state index in [9.17, 15) is 0 Å². The van der Waals surface area contributed by atoms with Gasteiger partial charge in [0, 0.05) is 3.57 Å². The Labute approximate surface area is 152 Å². The molecule has 0 aliphatic rings. The van der Waals surface area contributed by atoms with E-state index in [1.807, 2.05) is 0 Å². The number of benzene rings is 3. The first-order valence-electron chi connectivity index (χ1n) is 6.85. The molecule has 0 nitrogen and oxygen atoms in total. The van der Waals surface area contributed by atoms with Crippen LogP contribution in [0.3, 0.4) is 0 Å². The number of hydrogen-bond donors (Lipinski definition) is 0. The van der Waals surface area contributed by atoms with E-state index < -0.39 is 0 Å². The summed E-state index contributed by atoms with van der Waals surface area (Å²) in [6, 6.07) is 21.8. The van der Waals surface area contributed by atoms with Crippen molar-refractivity contribution >= 4 is 66.2 Å². The van der Waals surface area contributed by atoms with Gasteiger partial charge in [0.2, 0.25) is 0 Å². The highest BCUT2D eigenvalue weighted by molar-refractivity contribution is 14.1. The molecular formula is C18H16IP3. The zero-order valence-electron chi connectivity index (χ0n) is 11.9. The Bertz CT molecular complexity index is 756. The summed E-state index contributed by atoms with van der Waals surface area (Å²) in [5.74, 6) is 0. The molecule has 0 aliphatic heterocycles. The summed E-state index contributed by atoms with van der Waals surface area (Å²) in [5.41, 5.74) is 5.00. The van der Waals surface area contributed by atoms with Gasteiger partial charge in [-0.1, -0.05) is 48.5 Å². The summed E-state index contributed by atoms with van der Waals surface area (Å²) >= 11 is 2.37. The molecule has 3 rings (SSSR count). The van der Waals surface area contributed by atoms with Crippen LogP contribution in [0.25, 0.3) is 22.3 Å². The summed E-state index contributed by atoms with van der Waals surface area (Å²) in [6.45, 7) is 0. The van der Waals surface area contributed by atoms with E-state index in [4.69, 9.17) is 0 Å². The molecule has 0 saturated carbocycles. The first-order chi connectivity index (χ1) is 10.5. The molecule has 0 bridgehead atoms. The van der Waals surface area contributed by atoms with Gasteiger partial charge < -0.3 is 0 Å². The van der Waals surface area contributed by atoms with Gasteiger partial charge in [-0.15, -0.1) is 27.7 Å². The molecule has 0 radical (unpaired) electrons. The van der Waals surface area contributed by atoms with Gasteiger partial charge in [-0.3, -0.25) is 0 Å². The van der Waals surface area contributed by atoms with E-state index in [1.54, 1.807) is 0 Å². The highest BCUT2D eigenvalue weighted by Crippen LogP contribution is 2.25. The molecule has 4 heteroatoms. The fraction of sp³-hybridized carbons (Fsp3) is 0. The van der Waals surface area contributed by atoms with Crippen LogP contribution in [0.2, 0.25) is 0 Å². The molecule has 0 amide bonds. The van der Waals surface area contributed by atoms with Crippen molar-refractivity contribution in [1.29, 1.82) is 0 Å². The van der Waals surface area contributed by atoms with Crippen molar-refractivity contribution in [2.45, 2.75) is 0 Å². The molecule has 0 spiro atoms. The van der Waals surface area contributed by atoms with Crippen molar-refractivity contribution < 1.29 is 0 Å². The van der Waals surface area contributed by atoms with Crippen molar-refractivity contribution in [3.63, 3.8) is 0 Å². The summed E-state index contributed by atoms with van der Waals surface area (Å²) < 4.78 is 1.27. The monoisotopic (exact) mass is 452 g/mol. The Morgan fingerprint density at radius 1 is 0.500 bits per heavy atom. The molecule has 0 N–H and O–H groups in total. The van der Waals surface area contributed by atoms with Crippen molar-refractivity contribution in [3.05, 3.63) is 64.2 Å². The van der Waals surface area contributed by atoms with E-state index >= 15 is 0 Å². The molecule has 3 unspecified atom stereocenters. The van der Waals surface area contributed by atoms with Gasteiger partial charge in [0.1, 0.15) is 0 Å². The quantitative estimate of drug-likeness (QED) is 0.406. The maximum atomic E-state index is 2.79. The Balaban J connectivity index is 1.95. The van der Waals surface area contributed by atoms with Crippen LogP contribution in [0.1, 0.15) is 0 Å². The Hall–Kier alpha value is -0.320. The fourth-order valence-electron chi connectivity index (χ4n) is 2.32. The van der Waals surface area contributed by atoms with Crippen LogP contribution >= 0.6 is 50.3 Å². The van der Waals surface area contributed by atoms with E-state index in [-0.39, 0.29) is 0 Å². The van der Waals surface area contributed by atoms with Crippen LogP contribution in [0.5, 0.6) is 0 Å². The standard InChI is InChI=1S/C18H16IP3/c19-15-9-13(5-7-16(15)20)11-1-3-12(4-2-11)14-6-8-17(21)18(22)10-14/h1-10H,20-22H2. The predicted molar refractivity (Wildman–Crippen MR) is 118 cm³/mol. The van der Waals surface area contributed by atoms with Gasteiger partial charge in [-0.05, 0) is 72.9 Å². The van der Waals surface area contributed by atoms with Crippen LogP contribution in [-0.4, -0.2) is 0 Å². The molecule has 3 atom stereocenters. The lowest BCUT2D eigenvalue weighted by Gasteiger charge is -2.08. The largest absolute Gasteiger partial charge is 0.105 e. The Morgan fingerprint density at radius 3 is 1.45 bits per heavy atom. The van der Waals surface area contributed by atoms with Crippen LogP contribution in [-0.2, 0) is 0 Å². The smallest absolute Gasteiger partial charge is 0.0208 e. The molecular weight excluding hydrogens is 436 g/mol. The Kier molecular flexibility index (Phi) is 5.31. The van der Waals surface area contributed by atoms with Gasteiger partial charge in [-0.2, -0.15) is 0 Å². The summed E-state index contributed by atoms with van der Waals surface area (Å²) in [7, 11) is 8.31. The lowest BCUT2D eigenvalue weighted by Crippen LogP contribution is -2.09. The molecule has 110 valence electrons. The molecule has 22 heavy (non-hydrogen) atoms. The molecule has 3 aromatic rings. The maximum Gasteiger partial charge on any atom is 0.0208 e. The summed E-state index contributed by atoms with van der Waals surface area (Å²) in [6.07, 6.45) is 0. The third-order valence-corrected chi connectivity index (χ3v) is 7.02. The van der Waals surface area contributed by atoms with E-state index in [0.717, 1.165) is 0 Å². The highest BCUT2D eigenvalue weighted by atomic mass is 127. The minimum Gasteiger partial charge on any atom is -0.105 e. The van der Waals surface area contributed by atoms with Crippen molar-refractivity contribution in [1.82, 2.24) is 0 Å². The van der Waals surface area contributed by atoms with E-state index in [2.05, 4.69) is 111 Å². The normalized spacial score (nSPS) is 10.7. The third-order valence-electron chi connectivity index (χ3n) is 3.64. The van der Waals surface area contributed by atoms with E-state index in [1.165, 1.54) is 41.7 Å². The van der Waals surface area contributed by atoms with Gasteiger partial charge in [0.15, 0.2) is 0 Å². The lowest BCUT2D eigenvalue weighted by molar-refractivity contribution is 1.60. The lowest BCUT2D eigenvalue weighted by atomic mass is 10.0. The average Bonchev–Trinajstić information content (AvgIpc) is 2.53.